The topological polar surface area (TPSA) is 29.4 Å². The van der Waals surface area contributed by atoms with Crippen molar-refractivity contribution in [3.63, 3.8) is 0 Å². The summed E-state index contributed by atoms with van der Waals surface area (Å²) in [5.74, 6) is -0.351. The average molecular weight is 289 g/mol. The van der Waals surface area contributed by atoms with Gasteiger partial charge >= 0.3 is 12.4 Å². The Bertz CT molecular complexity index is 409. The molecule has 0 saturated carbocycles. The monoisotopic (exact) mass is 289 g/mol. The predicted octanol–water partition coefficient (Wildman–Crippen LogP) is 4.64. The molecule has 0 radical (unpaired) electrons. The quantitative estimate of drug-likeness (QED) is 0.461. The molecule has 0 unspecified atom stereocenters. The summed E-state index contributed by atoms with van der Waals surface area (Å²) in [5, 5.41) is 0. The zero-order valence-corrected chi connectivity index (χ0v) is 9.29. The minimum atomic E-state index is -4.88. The Morgan fingerprint density at radius 1 is 0.944 bits per heavy atom. The molecule has 0 aliphatic heterocycles. The summed E-state index contributed by atoms with van der Waals surface area (Å²) < 4.78 is 76.7. The van der Waals surface area contributed by atoms with Gasteiger partial charge in [0.05, 0.1) is 11.1 Å². The fraction of sp³-hybridized carbons (Fsp3) is 0.333. The van der Waals surface area contributed by atoms with E-state index in [0.717, 1.165) is 0 Å². The normalized spacial score (nSPS) is 12.6. The molecule has 1 aromatic carbocycles. The second-order valence-electron chi connectivity index (χ2n) is 3.26. The maximum Gasteiger partial charge on any atom is 0.416 e. The van der Waals surface area contributed by atoms with Crippen molar-refractivity contribution in [2.75, 3.05) is 0 Å². The van der Waals surface area contributed by atoms with Crippen LogP contribution in [0.3, 0.4) is 0 Å². The van der Waals surface area contributed by atoms with Crippen LogP contribution in [0, 0.1) is 4.91 Å². The summed E-state index contributed by atoms with van der Waals surface area (Å²) in [7, 11) is 0. The van der Waals surface area contributed by atoms with Gasteiger partial charge in [-0.15, -0.1) is 4.91 Å². The first-order valence-electron chi connectivity index (χ1n) is 4.37. The van der Waals surface area contributed by atoms with Crippen LogP contribution in [-0.4, -0.2) is 0 Å². The van der Waals surface area contributed by atoms with Crippen molar-refractivity contribution in [1.82, 2.24) is 0 Å². The number of nitrogens with zero attached hydrogens (tertiary/aromatic N) is 1. The molecular formula is C9H5F6NOS. The van der Waals surface area contributed by atoms with E-state index in [2.05, 4.69) is 4.58 Å². The number of benzene rings is 1. The van der Waals surface area contributed by atoms with Crippen molar-refractivity contribution in [3.8, 4) is 0 Å². The fourth-order valence-electron chi connectivity index (χ4n) is 1.20. The number of halogens is 6. The molecule has 0 N–H and O–H groups in total. The van der Waals surface area contributed by atoms with E-state index in [1.165, 1.54) is 0 Å². The molecule has 0 aromatic heterocycles. The molecule has 0 saturated heterocycles. The molecule has 1 rings (SSSR count). The molecule has 2 nitrogen and oxygen atoms in total. The number of nitroso groups, excluding NO2 is 1. The SMILES string of the molecule is O=NSCc1cc(C(F)(F)F)cc(C(F)(F)F)c1. The van der Waals surface area contributed by atoms with Gasteiger partial charge in [-0.25, -0.2) is 0 Å². The summed E-state index contributed by atoms with van der Waals surface area (Å²) in [6.45, 7) is 0. The molecule has 0 spiro atoms. The van der Waals surface area contributed by atoms with E-state index in [-0.39, 0.29) is 17.4 Å². The third kappa shape index (κ3) is 3.90. The van der Waals surface area contributed by atoms with E-state index in [4.69, 9.17) is 0 Å². The summed E-state index contributed by atoms with van der Waals surface area (Å²) >= 11 is 0.335. The van der Waals surface area contributed by atoms with Crippen LogP contribution >= 0.6 is 11.9 Å². The highest BCUT2D eigenvalue weighted by molar-refractivity contribution is 7.97. The fourth-order valence-corrected chi connectivity index (χ4v) is 1.57. The maximum atomic E-state index is 12.4. The van der Waals surface area contributed by atoms with Crippen LogP contribution in [0.25, 0.3) is 0 Å². The Labute approximate surface area is 101 Å². The molecule has 0 heterocycles. The van der Waals surface area contributed by atoms with E-state index in [1.54, 1.807) is 0 Å². The van der Waals surface area contributed by atoms with Crippen LogP contribution in [0.1, 0.15) is 16.7 Å². The van der Waals surface area contributed by atoms with E-state index >= 15 is 0 Å². The standard InChI is InChI=1S/C9H5F6NOS/c10-8(11,12)6-1-5(4-18-16-17)2-7(3-6)9(13,14)15/h1-3H,4H2. The molecule has 0 fully saturated rings. The van der Waals surface area contributed by atoms with Crippen LogP contribution in [0.5, 0.6) is 0 Å². The molecular weight excluding hydrogens is 284 g/mol. The second kappa shape index (κ2) is 5.17. The first-order valence-corrected chi connectivity index (χ1v) is 5.32. The van der Waals surface area contributed by atoms with Gasteiger partial charge in [-0.2, -0.15) is 26.3 Å². The smallest absolute Gasteiger partial charge is 0.166 e. The first-order chi connectivity index (χ1) is 8.14. The number of alkyl halides is 6. The summed E-state index contributed by atoms with van der Waals surface area (Å²) in [5.41, 5.74) is -3.07. The van der Waals surface area contributed by atoms with Crippen molar-refractivity contribution in [2.45, 2.75) is 18.1 Å². The van der Waals surface area contributed by atoms with Gasteiger partial charge in [-0.3, -0.25) is 0 Å². The highest BCUT2D eigenvalue weighted by atomic mass is 32.2. The average Bonchev–Trinajstić information content (AvgIpc) is 2.23. The van der Waals surface area contributed by atoms with Gasteiger partial charge in [0.25, 0.3) is 0 Å². The van der Waals surface area contributed by atoms with E-state index < -0.39 is 23.5 Å². The van der Waals surface area contributed by atoms with Crippen molar-refractivity contribution in [3.05, 3.63) is 39.8 Å². The summed E-state index contributed by atoms with van der Waals surface area (Å²) in [4.78, 5) is 9.81. The lowest BCUT2D eigenvalue weighted by Crippen LogP contribution is -2.11. The maximum absolute atomic E-state index is 12.4. The highest BCUT2D eigenvalue weighted by Gasteiger charge is 2.36. The Balaban J connectivity index is 3.24. The van der Waals surface area contributed by atoms with Gasteiger partial charge in [-0.05, 0) is 23.8 Å². The minimum Gasteiger partial charge on any atom is -0.166 e. The lowest BCUT2D eigenvalue weighted by Gasteiger charge is -2.13. The number of hydrogen-bond donors (Lipinski definition) is 0. The predicted molar refractivity (Wildman–Crippen MR) is 53.5 cm³/mol. The highest BCUT2D eigenvalue weighted by Crippen LogP contribution is 2.36. The molecule has 0 aliphatic carbocycles. The summed E-state index contributed by atoms with van der Waals surface area (Å²) in [6, 6.07) is 1.16. The van der Waals surface area contributed by atoms with E-state index in [1.807, 2.05) is 0 Å². The van der Waals surface area contributed by atoms with Crippen molar-refractivity contribution < 1.29 is 26.3 Å². The van der Waals surface area contributed by atoms with Crippen molar-refractivity contribution >= 4 is 11.9 Å². The van der Waals surface area contributed by atoms with Crippen LogP contribution in [0.15, 0.2) is 22.8 Å². The molecule has 1 aromatic rings. The van der Waals surface area contributed by atoms with Crippen LogP contribution < -0.4 is 0 Å². The van der Waals surface area contributed by atoms with Crippen LogP contribution in [0.2, 0.25) is 0 Å². The molecule has 0 atom stereocenters. The lowest BCUT2D eigenvalue weighted by atomic mass is 10.1. The van der Waals surface area contributed by atoms with Crippen LogP contribution in [0.4, 0.5) is 26.3 Å². The zero-order chi connectivity index (χ0) is 14.0. The second-order valence-corrected chi connectivity index (χ2v) is 3.96. The first kappa shape index (κ1) is 14.8. The zero-order valence-electron chi connectivity index (χ0n) is 8.47. The molecule has 100 valence electrons. The molecule has 0 aliphatic rings. The molecule has 9 heteroatoms. The van der Waals surface area contributed by atoms with Crippen molar-refractivity contribution in [1.29, 1.82) is 0 Å². The minimum absolute atomic E-state index is 0.0303. The van der Waals surface area contributed by atoms with Gasteiger partial charge < -0.3 is 0 Å². The largest absolute Gasteiger partial charge is 0.416 e. The third-order valence-corrected chi connectivity index (χ3v) is 2.50. The Hall–Kier alpha value is -1.25. The molecule has 0 amide bonds. The van der Waals surface area contributed by atoms with Gasteiger partial charge in [0, 0.05) is 22.3 Å². The van der Waals surface area contributed by atoms with Gasteiger partial charge in [0.15, 0.2) is 0 Å². The number of hydrogen-bond acceptors (Lipinski definition) is 3. The van der Waals surface area contributed by atoms with Crippen LogP contribution in [-0.2, 0) is 18.1 Å². The van der Waals surface area contributed by atoms with Crippen molar-refractivity contribution in [2.24, 2.45) is 4.58 Å². The van der Waals surface area contributed by atoms with Gasteiger partial charge in [-0.1, -0.05) is 0 Å². The molecule has 0 bridgehead atoms. The number of rotatable bonds is 3. The van der Waals surface area contributed by atoms with Gasteiger partial charge in [0.2, 0.25) is 0 Å². The molecule has 18 heavy (non-hydrogen) atoms. The summed E-state index contributed by atoms with van der Waals surface area (Å²) in [6.07, 6.45) is -9.76. The van der Waals surface area contributed by atoms with E-state index in [0.29, 0.717) is 24.1 Å². The third-order valence-electron chi connectivity index (χ3n) is 1.93. The Kier molecular flexibility index (Phi) is 4.25. The Morgan fingerprint density at radius 2 is 1.39 bits per heavy atom. The Morgan fingerprint density at radius 3 is 1.72 bits per heavy atom. The lowest BCUT2D eigenvalue weighted by molar-refractivity contribution is -0.143. The van der Waals surface area contributed by atoms with Gasteiger partial charge in [0.1, 0.15) is 0 Å². The van der Waals surface area contributed by atoms with E-state index in [9.17, 15) is 31.2 Å².